The van der Waals surface area contributed by atoms with E-state index in [2.05, 4.69) is 0 Å². The standard InChI is InChI=1S/C10H8O.C6H5NO2/c11-10-7-3-5-8-4-1-2-6-9(8)10;8-7(9)6-4-2-1-3-5-6/h1-7,11H;1-5H. The van der Waals surface area contributed by atoms with Gasteiger partial charge >= 0.3 is 0 Å². The highest BCUT2D eigenvalue weighted by Crippen LogP contribution is 2.22. The van der Waals surface area contributed by atoms with Gasteiger partial charge in [-0.2, -0.15) is 0 Å². The molecular weight excluding hydrogens is 254 g/mol. The first-order chi connectivity index (χ1) is 9.68. The van der Waals surface area contributed by atoms with Crippen molar-refractivity contribution >= 4 is 16.5 Å². The summed E-state index contributed by atoms with van der Waals surface area (Å²) in [5.41, 5.74) is 0.137. The molecule has 0 radical (unpaired) electrons. The van der Waals surface area contributed by atoms with Crippen LogP contribution in [0.15, 0.2) is 72.8 Å². The Bertz CT molecular complexity index is 706. The third-order valence-corrected chi connectivity index (χ3v) is 2.73. The van der Waals surface area contributed by atoms with Crippen molar-refractivity contribution in [1.29, 1.82) is 0 Å². The van der Waals surface area contributed by atoms with Gasteiger partial charge in [-0.25, -0.2) is 0 Å². The summed E-state index contributed by atoms with van der Waals surface area (Å²) >= 11 is 0. The molecule has 0 bridgehead atoms. The number of para-hydroxylation sites is 1. The lowest BCUT2D eigenvalue weighted by molar-refractivity contribution is -0.384. The molecule has 0 saturated carbocycles. The van der Waals surface area contributed by atoms with Gasteiger partial charge in [0.2, 0.25) is 0 Å². The highest BCUT2D eigenvalue weighted by Gasteiger charge is 1.98. The summed E-state index contributed by atoms with van der Waals surface area (Å²) in [6.07, 6.45) is 0. The normalized spacial score (nSPS) is 9.60. The summed E-state index contributed by atoms with van der Waals surface area (Å²) < 4.78 is 0. The molecule has 0 aromatic heterocycles. The third kappa shape index (κ3) is 3.32. The first-order valence-corrected chi connectivity index (χ1v) is 6.04. The van der Waals surface area contributed by atoms with Crippen molar-refractivity contribution in [2.75, 3.05) is 0 Å². The summed E-state index contributed by atoms with van der Waals surface area (Å²) in [5, 5.41) is 21.4. The Kier molecular flexibility index (Phi) is 4.29. The molecule has 0 unspecified atom stereocenters. The van der Waals surface area contributed by atoms with Gasteiger partial charge < -0.3 is 5.11 Å². The average molecular weight is 267 g/mol. The number of nitro groups is 1. The summed E-state index contributed by atoms with van der Waals surface area (Å²) in [6, 6.07) is 21.2. The molecule has 0 spiro atoms. The number of fused-ring (bicyclic) bond motifs is 1. The minimum Gasteiger partial charge on any atom is -0.507 e. The molecule has 3 rings (SSSR count). The first kappa shape index (κ1) is 13.5. The lowest BCUT2D eigenvalue weighted by Gasteiger charge is -1.97. The van der Waals surface area contributed by atoms with Gasteiger partial charge in [0, 0.05) is 17.5 Å². The molecule has 0 aliphatic rings. The van der Waals surface area contributed by atoms with E-state index >= 15 is 0 Å². The molecule has 20 heavy (non-hydrogen) atoms. The minimum absolute atomic E-state index is 0.137. The Hall–Kier alpha value is -2.88. The number of phenols is 1. The monoisotopic (exact) mass is 267 g/mol. The smallest absolute Gasteiger partial charge is 0.269 e. The number of phenolic OH excluding ortho intramolecular Hbond substituents is 1. The lowest BCUT2D eigenvalue weighted by Crippen LogP contribution is -1.84. The number of nitrogens with zero attached hydrogens (tertiary/aromatic N) is 1. The maximum atomic E-state index is 10.0. The van der Waals surface area contributed by atoms with Crippen molar-refractivity contribution in [3.8, 4) is 5.75 Å². The zero-order valence-electron chi connectivity index (χ0n) is 10.6. The van der Waals surface area contributed by atoms with E-state index in [0.717, 1.165) is 10.8 Å². The van der Waals surface area contributed by atoms with Crippen molar-refractivity contribution in [1.82, 2.24) is 0 Å². The van der Waals surface area contributed by atoms with E-state index in [4.69, 9.17) is 0 Å². The lowest BCUT2D eigenvalue weighted by atomic mass is 10.1. The van der Waals surface area contributed by atoms with E-state index in [9.17, 15) is 15.2 Å². The first-order valence-electron chi connectivity index (χ1n) is 6.04. The average Bonchev–Trinajstić information content (AvgIpc) is 2.49. The molecule has 0 saturated heterocycles. The Morgan fingerprint density at radius 3 is 2.00 bits per heavy atom. The van der Waals surface area contributed by atoms with Crippen molar-refractivity contribution in [2.24, 2.45) is 0 Å². The van der Waals surface area contributed by atoms with E-state index < -0.39 is 4.92 Å². The molecule has 3 aromatic rings. The van der Waals surface area contributed by atoms with E-state index in [1.54, 1.807) is 24.3 Å². The van der Waals surface area contributed by atoms with Gasteiger partial charge in [0.05, 0.1) is 4.92 Å². The van der Waals surface area contributed by atoms with Crippen LogP contribution in [0.25, 0.3) is 10.8 Å². The van der Waals surface area contributed by atoms with Gasteiger partial charge in [0.25, 0.3) is 5.69 Å². The van der Waals surface area contributed by atoms with Gasteiger partial charge in [-0.05, 0) is 11.5 Å². The van der Waals surface area contributed by atoms with Crippen molar-refractivity contribution in [3.63, 3.8) is 0 Å². The molecular formula is C16H13NO3. The van der Waals surface area contributed by atoms with E-state index in [0.29, 0.717) is 5.75 Å². The fraction of sp³-hybridized carbons (Fsp3) is 0. The molecule has 0 aliphatic heterocycles. The van der Waals surface area contributed by atoms with Gasteiger partial charge in [0.1, 0.15) is 5.75 Å². The van der Waals surface area contributed by atoms with Crippen LogP contribution in [0.1, 0.15) is 0 Å². The molecule has 4 nitrogen and oxygen atoms in total. The molecule has 100 valence electrons. The van der Waals surface area contributed by atoms with Crippen LogP contribution in [0.3, 0.4) is 0 Å². The molecule has 0 amide bonds. The summed E-state index contributed by atoms with van der Waals surface area (Å²) in [6.45, 7) is 0. The van der Waals surface area contributed by atoms with Gasteiger partial charge in [-0.15, -0.1) is 0 Å². The van der Waals surface area contributed by atoms with Crippen LogP contribution in [0.5, 0.6) is 5.75 Å². The largest absolute Gasteiger partial charge is 0.507 e. The molecule has 4 heteroatoms. The van der Waals surface area contributed by atoms with Crippen LogP contribution in [-0.2, 0) is 0 Å². The fourth-order valence-electron chi connectivity index (χ4n) is 1.76. The zero-order chi connectivity index (χ0) is 14.4. The van der Waals surface area contributed by atoms with E-state index in [-0.39, 0.29) is 5.69 Å². The predicted molar refractivity (Wildman–Crippen MR) is 78.7 cm³/mol. The number of rotatable bonds is 1. The highest BCUT2D eigenvalue weighted by molar-refractivity contribution is 5.87. The maximum absolute atomic E-state index is 10.0. The number of benzene rings is 3. The quantitative estimate of drug-likeness (QED) is 0.532. The SMILES string of the molecule is O=[N+]([O-])c1ccccc1.Oc1cccc2ccccc12. The number of non-ortho nitro benzene ring substituents is 1. The van der Waals surface area contributed by atoms with Crippen LogP contribution >= 0.6 is 0 Å². The summed E-state index contributed by atoms with van der Waals surface area (Å²) in [7, 11) is 0. The Labute approximate surface area is 116 Å². The number of nitro benzene ring substituents is 1. The van der Waals surface area contributed by atoms with Crippen LogP contribution in [0, 0.1) is 10.1 Å². The Morgan fingerprint density at radius 1 is 0.800 bits per heavy atom. The van der Waals surface area contributed by atoms with Gasteiger partial charge in [-0.3, -0.25) is 10.1 Å². The van der Waals surface area contributed by atoms with Crippen LogP contribution in [0.4, 0.5) is 5.69 Å². The van der Waals surface area contributed by atoms with Crippen molar-refractivity contribution < 1.29 is 10.0 Å². The van der Waals surface area contributed by atoms with Crippen LogP contribution in [0.2, 0.25) is 0 Å². The van der Waals surface area contributed by atoms with Gasteiger partial charge in [0.15, 0.2) is 0 Å². The number of hydrogen-bond acceptors (Lipinski definition) is 3. The van der Waals surface area contributed by atoms with Crippen LogP contribution < -0.4 is 0 Å². The number of hydrogen-bond donors (Lipinski definition) is 1. The molecule has 1 N–H and O–H groups in total. The minimum atomic E-state index is -0.417. The molecule has 0 heterocycles. The van der Waals surface area contributed by atoms with Crippen LogP contribution in [-0.4, -0.2) is 10.0 Å². The fourth-order valence-corrected chi connectivity index (χ4v) is 1.76. The maximum Gasteiger partial charge on any atom is 0.269 e. The van der Waals surface area contributed by atoms with E-state index in [1.807, 2.05) is 36.4 Å². The topological polar surface area (TPSA) is 63.4 Å². The second-order valence-corrected chi connectivity index (χ2v) is 4.09. The Morgan fingerprint density at radius 2 is 1.40 bits per heavy atom. The molecule has 3 aromatic carbocycles. The van der Waals surface area contributed by atoms with E-state index in [1.165, 1.54) is 12.1 Å². The van der Waals surface area contributed by atoms with Crippen molar-refractivity contribution in [3.05, 3.63) is 82.9 Å². The molecule has 0 fully saturated rings. The second kappa shape index (κ2) is 6.33. The predicted octanol–water partition coefficient (Wildman–Crippen LogP) is 4.14. The van der Waals surface area contributed by atoms with Crippen molar-refractivity contribution in [2.45, 2.75) is 0 Å². The summed E-state index contributed by atoms with van der Waals surface area (Å²) in [4.78, 5) is 9.59. The molecule has 0 atom stereocenters. The molecule has 0 aliphatic carbocycles. The highest BCUT2D eigenvalue weighted by atomic mass is 16.6. The summed E-state index contributed by atoms with van der Waals surface area (Å²) in [5.74, 6) is 0.350. The zero-order valence-corrected chi connectivity index (χ0v) is 10.6. The second-order valence-electron chi connectivity index (χ2n) is 4.09. The third-order valence-electron chi connectivity index (χ3n) is 2.73. The van der Waals surface area contributed by atoms with Gasteiger partial charge in [-0.1, -0.05) is 54.6 Å². The number of aromatic hydroxyl groups is 1. The Balaban J connectivity index is 0.000000151.